The van der Waals surface area contributed by atoms with E-state index in [9.17, 15) is 19.2 Å². The van der Waals surface area contributed by atoms with E-state index < -0.39 is 41.2 Å². The molecule has 0 bridgehead atoms. The first-order chi connectivity index (χ1) is 18.2. The van der Waals surface area contributed by atoms with Gasteiger partial charge in [0, 0.05) is 20.6 Å². The van der Waals surface area contributed by atoms with Gasteiger partial charge >= 0.3 is 0 Å². The highest BCUT2D eigenvalue weighted by Gasteiger charge is 2.50. The van der Waals surface area contributed by atoms with Crippen molar-refractivity contribution in [1.29, 1.82) is 0 Å². The summed E-state index contributed by atoms with van der Waals surface area (Å²) in [6, 6.07) is 8.62. The number of rotatable bonds is 16. The number of hydrogen-bond acceptors (Lipinski definition) is 10. The SMILES string of the molecule is COC[C@H](CC(=O)[C@H](COC)NC(=O)c1cc(OC)no1)C(=O)N[C@@H](Cc1ccccc1)C(=O)[C@@]1(C)CO1. The van der Waals surface area contributed by atoms with Gasteiger partial charge in [-0.2, -0.15) is 0 Å². The van der Waals surface area contributed by atoms with Crippen LogP contribution in [0.2, 0.25) is 0 Å². The smallest absolute Gasteiger partial charge is 0.290 e. The molecule has 0 aliphatic carbocycles. The normalized spacial score (nSPS) is 18.6. The predicted octanol–water partition coefficient (Wildman–Crippen LogP) is 0.735. The number of methoxy groups -OCH3 is 3. The lowest BCUT2D eigenvalue weighted by molar-refractivity contribution is -0.135. The van der Waals surface area contributed by atoms with Crippen LogP contribution in [0.1, 0.15) is 29.5 Å². The number of ketones is 2. The molecule has 1 fully saturated rings. The zero-order valence-electron chi connectivity index (χ0n) is 21.9. The Morgan fingerprint density at radius 1 is 1.03 bits per heavy atom. The lowest BCUT2D eigenvalue weighted by atomic mass is 9.93. The Morgan fingerprint density at radius 3 is 2.29 bits per heavy atom. The Labute approximate surface area is 220 Å². The van der Waals surface area contributed by atoms with Crippen LogP contribution in [0.5, 0.6) is 5.88 Å². The van der Waals surface area contributed by atoms with E-state index in [0.717, 1.165) is 5.56 Å². The Morgan fingerprint density at radius 2 is 1.71 bits per heavy atom. The largest absolute Gasteiger partial charge is 0.479 e. The second-order valence-electron chi connectivity index (χ2n) is 9.17. The summed E-state index contributed by atoms with van der Waals surface area (Å²) in [5.74, 6) is -2.91. The summed E-state index contributed by atoms with van der Waals surface area (Å²) in [5.41, 5.74) is -0.0852. The lowest BCUT2D eigenvalue weighted by Gasteiger charge is -2.24. The van der Waals surface area contributed by atoms with Crippen LogP contribution in [0, 0.1) is 5.92 Å². The molecule has 206 valence electrons. The lowest BCUT2D eigenvalue weighted by Crippen LogP contribution is -2.51. The molecular weight excluding hydrogens is 498 g/mol. The van der Waals surface area contributed by atoms with Crippen molar-refractivity contribution in [3.8, 4) is 5.88 Å². The predicted molar refractivity (Wildman–Crippen MR) is 133 cm³/mol. The number of epoxide rings is 1. The van der Waals surface area contributed by atoms with Gasteiger partial charge in [0.1, 0.15) is 11.6 Å². The van der Waals surface area contributed by atoms with E-state index in [1.54, 1.807) is 6.92 Å². The average Bonchev–Trinajstić information content (AvgIpc) is 3.47. The summed E-state index contributed by atoms with van der Waals surface area (Å²) in [6.07, 6.45) is -0.00522. The Kier molecular flexibility index (Phi) is 10.1. The summed E-state index contributed by atoms with van der Waals surface area (Å²) in [4.78, 5) is 52.1. The number of amides is 2. The molecule has 2 heterocycles. The van der Waals surface area contributed by atoms with E-state index >= 15 is 0 Å². The van der Waals surface area contributed by atoms with Crippen LogP contribution in [0.25, 0.3) is 0 Å². The van der Waals surface area contributed by atoms with E-state index in [1.807, 2.05) is 30.3 Å². The van der Waals surface area contributed by atoms with Crippen LogP contribution in [0.15, 0.2) is 40.9 Å². The van der Waals surface area contributed by atoms with Crippen molar-refractivity contribution >= 4 is 23.4 Å². The van der Waals surface area contributed by atoms with Crippen LogP contribution in [0.4, 0.5) is 0 Å². The Hall–Kier alpha value is -3.61. The van der Waals surface area contributed by atoms with E-state index in [0.29, 0.717) is 0 Å². The maximum Gasteiger partial charge on any atom is 0.290 e. The number of ether oxygens (including phenoxy) is 4. The first kappa shape index (κ1) is 29.0. The van der Waals surface area contributed by atoms with Gasteiger partial charge in [-0.05, 0) is 24.1 Å². The minimum Gasteiger partial charge on any atom is -0.479 e. The molecule has 2 N–H and O–H groups in total. The number of nitrogens with one attached hydrogen (secondary N) is 2. The quantitative estimate of drug-likeness (QED) is 0.296. The maximum absolute atomic E-state index is 13.3. The molecule has 3 rings (SSSR count). The molecular formula is C26H33N3O9. The first-order valence-corrected chi connectivity index (χ1v) is 12.1. The fourth-order valence-electron chi connectivity index (χ4n) is 3.85. The highest BCUT2D eigenvalue weighted by Crippen LogP contribution is 2.29. The maximum atomic E-state index is 13.3. The fraction of sp³-hybridized carbons (Fsp3) is 0.500. The van der Waals surface area contributed by atoms with Gasteiger partial charge in [-0.15, -0.1) is 0 Å². The number of aromatic nitrogens is 1. The van der Waals surface area contributed by atoms with Gasteiger partial charge in [-0.25, -0.2) is 0 Å². The van der Waals surface area contributed by atoms with E-state index in [4.69, 9.17) is 23.5 Å². The van der Waals surface area contributed by atoms with Gasteiger partial charge in [0.25, 0.3) is 11.8 Å². The van der Waals surface area contributed by atoms with Gasteiger partial charge in [0.15, 0.2) is 11.6 Å². The molecule has 1 aliphatic heterocycles. The number of carbonyl (C=O) groups is 4. The Balaban J connectivity index is 1.70. The fourth-order valence-corrected chi connectivity index (χ4v) is 3.85. The molecule has 12 heteroatoms. The molecule has 12 nitrogen and oxygen atoms in total. The van der Waals surface area contributed by atoms with Gasteiger partial charge in [-0.1, -0.05) is 30.3 Å². The zero-order chi connectivity index (χ0) is 27.7. The van der Waals surface area contributed by atoms with Crippen molar-refractivity contribution in [3.05, 3.63) is 47.7 Å². The molecule has 38 heavy (non-hydrogen) atoms. The molecule has 0 spiro atoms. The zero-order valence-corrected chi connectivity index (χ0v) is 21.9. The van der Waals surface area contributed by atoms with Gasteiger partial charge < -0.3 is 34.1 Å². The van der Waals surface area contributed by atoms with Gasteiger partial charge in [0.05, 0.1) is 45.0 Å². The van der Waals surface area contributed by atoms with Crippen molar-refractivity contribution < 1.29 is 42.6 Å². The monoisotopic (exact) mass is 531 g/mol. The van der Waals surface area contributed by atoms with Gasteiger partial charge in [0.2, 0.25) is 11.7 Å². The minimum absolute atomic E-state index is 0.0788. The average molecular weight is 532 g/mol. The molecule has 0 radical (unpaired) electrons. The number of benzene rings is 1. The number of nitrogens with zero attached hydrogens (tertiary/aromatic N) is 1. The third-order valence-corrected chi connectivity index (χ3v) is 6.15. The summed E-state index contributed by atoms with van der Waals surface area (Å²) in [5, 5.41) is 8.89. The molecule has 1 aliphatic rings. The summed E-state index contributed by atoms with van der Waals surface area (Å²) in [7, 11) is 4.15. The van der Waals surface area contributed by atoms with Crippen molar-refractivity contribution in [2.45, 2.75) is 37.5 Å². The second-order valence-corrected chi connectivity index (χ2v) is 9.17. The van der Waals surface area contributed by atoms with Crippen LogP contribution < -0.4 is 15.4 Å². The summed E-state index contributed by atoms with van der Waals surface area (Å²) < 4.78 is 25.4. The number of hydrogen-bond donors (Lipinski definition) is 2. The molecule has 2 aromatic rings. The standard InChI is InChI=1S/C26H33N3O9/c1-26(15-37-26)23(31)18(10-16-8-6-5-7-9-16)27-24(32)17(13-34-2)11-20(30)19(14-35-3)28-25(33)21-12-22(36-4)29-38-21/h5-9,12,17-19H,10-11,13-15H2,1-4H3,(H,27,32)(H,28,33)/t17-,18-,19-,26+/m0/s1. The van der Waals surface area contributed by atoms with Crippen molar-refractivity contribution in [3.63, 3.8) is 0 Å². The number of carbonyl (C=O) groups excluding carboxylic acids is 4. The summed E-state index contributed by atoms with van der Waals surface area (Å²) in [6.45, 7) is 1.74. The Bertz CT molecular complexity index is 1110. The summed E-state index contributed by atoms with van der Waals surface area (Å²) >= 11 is 0. The molecule has 0 unspecified atom stereocenters. The molecule has 2 amide bonds. The number of Topliss-reactive ketones (excluding diaryl/α,β-unsaturated/α-hetero) is 2. The minimum atomic E-state index is -1.07. The van der Waals surface area contributed by atoms with Crippen molar-refractivity contribution in [2.24, 2.45) is 5.92 Å². The molecule has 1 aromatic carbocycles. The second kappa shape index (κ2) is 13.3. The molecule has 4 atom stereocenters. The van der Waals surface area contributed by atoms with Crippen LogP contribution in [-0.2, 0) is 35.0 Å². The molecule has 0 saturated carbocycles. The van der Waals surface area contributed by atoms with Crippen molar-refractivity contribution in [2.75, 3.05) is 41.2 Å². The van der Waals surface area contributed by atoms with Crippen molar-refractivity contribution in [1.82, 2.24) is 15.8 Å². The van der Waals surface area contributed by atoms with Crippen LogP contribution in [-0.4, -0.2) is 87.4 Å². The van der Waals surface area contributed by atoms with Crippen LogP contribution in [0.3, 0.4) is 0 Å². The van der Waals surface area contributed by atoms with Gasteiger partial charge in [-0.3, -0.25) is 19.2 Å². The third kappa shape index (κ3) is 7.70. The van der Waals surface area contributed by atoms with E-state index in [-0.39, 0.29) is 50.1 Å². The van der Waals surface area contributed by atoms with E-state index in [2.05, 4.69) is 15.8 Å². The highest BCUT2D eigenvalue weighted by atomic mass is 16.6. The van der Waals surface area contributed by atoms with E-state index in [1.165, 1.54) is 27.4 Å². The third-order valence-electron chi connectivity index (χ3n) is 6.15. The topological polar surface area (TPSA) is 159 Å². The first-order valence-electron chi connectivity index (χ1n) is 12.1. The molecule has 1 aromatic heterocycles. The molecule has 1 saturated heterocycles. The van der Waals surface area contributed by atoms with Crippen LogP contribution >= 0.6 is 0 Å². The highest BCUT2D eigenvalue weighted by molar-refractivity contribution is 5.99.